The molecule has 0 unspecified atom stereocenters. The maximum absolute atomic E-state index is 12.4. The molecule has 0 radical (unpaired) electrons. The van der Waals surface area contributed by atoms with Crippen molar-refractivity contribution in [3.05, 3.63) is 54.1 Å². The summed E-state index contributed by atoms with van der Waals surface area (Å²) in [5.74, 6) is -0.0773. The second-order valence-electron chi connectivity index (χ2n) is 6.53. The molecule has 0 heterocycles. The Balaban J connectivity index is 1.91. The Kier molecular flexibility index (Phi) is 7.38. The van der Waals surface area contributed by atoms with Crippen LogP contribution in [0.15, 0.2) is 53.4 Å². The van der Waals surface area contributed by atoms with Crippen LogP contribution in [0.4, 0.5) is 11.4 Å². The molecule has 2 aromatic carbocycles. The Labute approximate surface area is 161 Å². The highest BCUT2D eigenvalue weighted by atomic mass is 32.2. The third-order valence-corrected chi connectivity index (χ3v) is 5.56. The molecule has 0 bridgehead atoms. The molecule has 2 rings (SSSR count). The summed E-state index contributed by atoms with van der Waals surface area (Å²) in [5.41, 5.74) is 2.76. The first-order valence-corrected chi connectivity index (χ1v) is 10.5. The van der Waals surface area contributed by atoms with Gasteiger partial charge in [-0.1, -0.05) is 19.1 Å². The molecular weight excluding hydrogens is 362 g/mol. The second-order valence-corrected chi connectivity index (χ2v) is 8.30. The Morgan fingerprint density at radius 2 is 1.63 bits per heavy atom. The number of carbonyl (C=O) groups excluding carboxylic acids is 1. The summed E-state index contributed by atoms with van der Waals surface area (Å²) < 4.78 is 27.4. The lowest BCUT2D eigenvalue weighted by molar-refractivity contribution is -0.116. The monoisotopic (exact) mass is 389 g/mol. The fourth-order valence-electron chi connectivity index (χ4n) is 2.54. The number of benzene rings is 2. The van der Waals surface area contributed by atoms with Gasteiger partial charge in [-0.2, -0.15) is 0 Å². The second kappa shape index (κ2) is 9.53. The van der Waals surface area contributed by atoms with Crippen LogP contribution in [0.2, 0.25) is 0 Å². The Hall–Kier alpha value is -2.38. The quantitative estimate of drug-likeness (QED) is 0.691. The van der Waals surface area contributed by atoms with Crippen LogP contribution in [0, 0.1) is 0 Å². The maximum Gasteiger partial charge on any atom is 0.240 e. The first-order valence-electron chi connectivity index (χ1n) is 8.97. The van der Waals surface area contributed by atoms with Crippen molar-refractivity contribution in [2.45, 2.75) is 31.1 Å². The van der Waals surface area contributed by atoms with Gasteiger partial charge in [-0.05, 0) is 54.8 Å². The summed E-state index contributed by atoms with van der Waals surface area (Å²) in [6.07, 6.45) is 1.81. The molecular formula is C20H27N3O3S. The molecule has 0 aliphatic heterocycles. The zero-order chi connectivity index (χ0) is 19.9. The van der Waals surface area contributed by atoms with Gasteiger partial charge in [0.1, 0.15) is 0 Å². The molecule has 2 aromatic rings. The van der Waals surface area contributed by atoms with Crippen LogP contribution >= 0.6 is 0 Å². The number of carbonyl (C=O) groups is 1. The third kappa shape index (κ3) is 6.37. The zero-order valence-electron chi connectivity index (χ0n) is 16.0. The van der Waals surface area contributed by atoms with Gasteiger partial charge >= 0.3 is 0 Å². The van der Waals surface area contributed by atoms with E-state index in [9.17, 15) is 13.2 Å². The van der Waals surface area contributed by atoms with Crippen molar-refractivity contribution >= 4 is 27.3 Å². The Morgan fingerprint density at radius 1 is 1.00 bits per heavy atom. The van der Waals surface area contributed by atoms with Crippen LogP contribution in [-0.2, 0) is 21.2 Å². The van der Waals surface area contributed by atoms with Gasteiger partial charge in [-0.3, -0.25) is 4.79 Å². The fraction of sp³-hybridized carbons (Fsp3) is 0.350. The summed E-state index contributed by atoms with van der Waals surface area (Å²) in [4.78, 5) is 13.8. The number of sulfonamides is 1. The number of rotatable bonds is 9. The van der Waals surface area contributed by atoms with E-state index in [-0.39, 0.29) is 10.8 Å². The number of nitrogens with one attached hydrogen (secondary N) is 2. The first kappa shape index (κ1) is 20.9. The van der Waals surface area contributed by atoms with Gasteiger partial charge < -0.3 is 10.2 Å². The number of hydrogen-bond acceptors (Lipinski definition) is 4. The summed E-state index contributed by atoms with van der Waals surface area (Å²) >= 11 is 0. The molecule has 0 spiro atoms. The standard InChI is InChI=1S/C20H27N3O3S/c1-4-5-20(24)22-17-8-12-19(13-9-17)27(25,26)21-15-14-16-6-10-18(11-7-16)23(2)3/h6-13,21H,4-5,14-15H2,1-3H3,(H,22,24). The van der Waals surface area contributed by atoms with Crippen molar-refractivity contribution in [3.63, 3.8) is 0 Å². The van der Waals surface area contributed by atoms with E-state index in [2.05, 4.69) is 10.0 Å². The van der Waals surface area contributed by atoms with Crippen LogP contribution in [-0.4, -0.2) is 35.0 Å². The van der Waals surface area contributed by atoms with E-state index in [1.807, 2.05) is 50.2 Å². The van der Waals surface area contributed by atoms with Gasteiger partial charge in [0, 0.05) is 38.4 Å². The summed E-state index contributed by atoms with van der Waals surface area (Å²) in [5, 5.41) is 2.74. The minimum absolute atomic E-state index is 0.0773. The van der Waals surface area contributed by atoms with Crippen molar-refractivity contribution in [2.24, 2.45) is 0 Å². The third-order valence-electron chi connectivity index (χ3n) is 4.08. The van der Waals surface area contributed by atoms with E-state index < -0.39 is 10.0 Å². The van der Waals surface area contributed by atoms with E-state index >= 15 is 0 Å². The minimum atomic E-state index is -3.58. The molecule has 0 aromatic heterocycles. The zero-order valence-corrected chi connectivity index (χ0v) is 16.8. The molecule has 27 heavy (non-hydrogen) atoms. The summed E-state index contributed by atoms with van der Waals surface area (Å²) in [6.45, 7) is 2.25. The van der Waals surface area contributed by atoms with Gasteiger partial charge in [0.2, 0.25) is 15.9 Å². The fourth-order valence-corrected chi connectivity index (χ4v) is 3.57. The van der Waals surface area contributed by atoms with E-state index in [4.69, 9.17) is 0 Å². The van der Waals surface area contributed by atoms with Crippen molar-refractivity contribution < 1.29 is 13.2 Å². The number of hydrogen-bond donors (Lipinski definition) is 2. The molecule has 0 aliphatic carbocycles. The van der Waals surface area contributed by atoms with Crippen LogP contribution in [0.25, 0.3) is 0 Å². The molecule has 6 nitrogen and oxygen atoms in total. The largest absolute Gasteiger partial charge is 0.378 e. The molecule has 0 saturated heterocycles. The average Bonchev–Trinajstić information content (AvgIpc) is 2.62. The lowest BCUT2D eigenvalue weighted by Crippen LogP contribution is -2.26. The van der Waals surface area contributed by atoms with Gasteiger partial charge in [0.05, 0.1) is 4.90 Å². The highest BCUT2D eigenvalue weighted by Crippen LogP contribution is 2.15. The lowest BCUT2D eigenvalue weighted by atomic mass is 10.1. The van der Waals surface area contributed by atoms with Gasteiger partial charge in [-0.25, -0.2) is 13.1 Å². The van der Waals surface area contributed by atoms with E-state index in [0.29, 0.717) is 25.1 Å². The highest BCUT2D eigenvalue weighted by molar-refractivity contribution is 7.89. The highest BCUT2D eigenvalue weighted by Gasteiger charge is 2.13. The molecule has 0 fully saturated rings. The predicted molar refractivity (Wildman–Crippen MR) is 110 cm³/mol. The maximum atomic E-state index is 12.4. The first-order chi connectivity index (χ1) is 12.8. The predicted octanol–water partition coefficient (Wildman–Crippen LogP) is 3.01. The summed E-state index contributed by atoms with van der Waals surface area (Å²) in [7, 11) is 0.373. The van der Waals surface area contributed by atoms with Crippen molar-refractivity contribution in [1.82, 2.24) is 4.72 Å². The molecule has 7 heteroatoms. The van der Waals surface area contributed by atoms with Crippen molar-refractivity contribution in [1.29, 1.82) is 0 Å². The van der Waals surface area contributed by atoms with Crippen LogP contribution in [0.3, 0.4) is 0 Å². The topological polar surface area (TPSA) is 78.5 Å². The number of anilines is 2. The molecule has 2 N–H and O–H groups in total. The van der Waals surface area contributed by atoms with Crippen LogP contribution in [0.1, 0.15) is 25.3 Å². The number of amides is 1. The minimum Gasteiger partial charge on any atom is -0.378 e. The van der Waals surface area contributed by atoms with Crippen molar-refractivity contribution in [2.75, 3.05) is 30.9 Å². The molecule has 0 atom stereocenters. The average molecular weight is 390 g/mol. The number of nitrogens with zero attached hydrogens (tertiary/aromatic N) is 1. The Morgan fingerprint density at radius 3 is 2.19 bits per heavy atom. The molecule has 1 amide bonds. The summed E-state index contributed by atoms with van der Waals surface area (Å²) in [6, 6.07) is 14.2. The van der Waals surface area contributed by atoms with E-state index in [0.717, 1.165) is 17.7 Å². The lowest BCUT2D eigenvalue weighted by Gasteiger charge is -2.13. The molecule has 146 valence electrons. The molecule has 0 saturated carbocycles. The van der Waals surface area contributed by atoms with E-state index in [1.54, 1.807) is 12.1 Å². The smallest absolute Gasteiger partial charge is 0.240 e. The van der Waals surface area contributed by atoms with Gasteiger partial charge in [0.15, 0.2) is 0 Å². The van der Waals surface area contributed by atoms with Crippen LogP contribution < -0.4 is 14.9 Å². The van der Waals surface area contributed by atoms with Crippen molar-refractivity contribution in [3.8, 4) is 0 Å². The van der Waals surface area contributed by atoms with E-state index in [1.165, 1.54) is 12.1 Å². The SMILES string of the molecule is CCCC(=O)Nc1ccc(S(=O)(=O)NCCc2ccc(N(C)C)cc2)cc1. The Bertz CT molecular complexity index is 845. The molecule has 0 aliphatic rings. The van der Waals surface area contributed by atoms with Crippen LogP contribution in [0.5, 0.6) is 0 Å². The van der Waals surface area contributed by atoms with Gasteiger partial charge in [-0.15, -0.1) is 0 Å². The normalized spacial score (nSPS) is 11.2. The van der Waals surface area contributed by atoms with Gasteiger partial charge in [0.25, 0.3) is 0 Å².